The number of ether oxygens (including phenoxy) is 1. The zero-order chi connectivity index (χ0) is 30.8. The number of anilines is 2. The first-order valence-electron chi connectivity index (χ1n) is 16.6. The number of carbonyl (C=O) groups is 1. The highest BCUT2D eigenvalue weighted by Crippen LogP contribution is 2.42. The van der Waals surface area contributed by atoms with Crippen LogP contribution in [0.1, 0.15) is 63.9 Å². The topological polar surface area (TPSA) is 86.7 Å². The fraction of sp³-hybridized carbons (Fsp3) is 0.588. The van der Waals surface area contributed by atoms with Crippen molar-refractivity contribution in [1.82, 2.24) is 25.2 Å². The molecule has 0 saturated carbocycles. The van der Waals surface area contributed by atoms with Gasteiger partial charge in [-0.15, -0.1) is 0 Å². The molecule has 1 N–H and O–H groups in total. The minimum atomic E-state index is -0.877. The number of hydrogen-bond acceptors (Lipinski definition) is 8. The van der Waals surface area contributed by atoms with E-state index in [0.29, 0.717) is 56.6 Å². The van der Waals surface area contributed by atoms with Gasteiger partial charge < -0.3 is 19.9 Å². The van der Waals surface area contributed by atoms with Crippen molar-refractivity contribution in [2.75, 3.05) is 55.7 Å². The van der Waals surface area contributed by atoms with Gasteiger partial charge in [-0.3, -0.25) is 14.7 Å². The molecule has 9 rings (SSSR count). The van der Waals surface area contributed by atoms with Gasteiger partial charge >= 0.3 is 6.01 Å². The maximum Gasteiger partial charge on any atom is 0.319 e. The number of para-hydroxylation sites is 1. The Morgan fingerprint density at radius 3 is 2.76 bits per heavy atom. The standard InChI is InChI=1S/C34H41F2N7O2/c1-33-11-5-15-42(20-33)31-25-18-37-28(24-9-2-7-22-8-3-13-41(30(22)24)14-4-10-26(44)40-33)27(36)29(25)38-32(39-31)45-21-34-12-6-16-43(34)19-23(35)17-34/h2,7,9,18,23H,3-6,8,10-17,19-21H2,1H3,(H,40,44)/t23-,33-,34+/m1/s1. The fourth-order valence-electron chi connectivity index (χ4n) is 8.67. The third-order valence-electron chi connectivity index (χ3n) is 10.7. The molecule has 6 bridgehead atoms. The Hall–Kier alpha value is -3.60. The van der Waals surface area contributed by atoms with Crippen molar-refractivity contribution in [3.8, 4) is 17.3 Å². The van der Waals surface area contributed by atoms with Crippen molar-refractivity contribution in [2.45, 2.75) is 82.0 Å². The lowest BCUT2D eigenvalue weighted by Crippen LogP contribution is -2.57. The van der Waals surface area contributed by atoms with Crippen molar-refractivity contribution < 1.29 is 18.3 Å². The second-order valence-electron chi connectivity index (χ2n) is 14.0. The zero-order valence-electron chi connectivity index (χ0n) is 26.0. The van der Waals surface area contributed by atoms with Gasteiger partial charge in [-0.2, -0.15) is 9.97 Å². The highest BCUT2D eigenvalue weighted by molar-refractivity contribution is 5.93. The van der Waals surface area contributed by atoms with Crippen LogP contribution in [-0.2, 0) is 11.2 Å². The summed E-state index contributed by atoms with van der Waals surface area (Å²) in [6, 6.07) is 6.09. The number of hydrogen-bond donors (Lipinski definition) is 1. The van der Waals surface area contributed by atoms with Crippen LogP contribution in [-0.4, -0.2) is 88.9 Å². The molecule has 0 aliphatic carbocycles. The first-order chi connectivity index (χ1) is 21.8. The molecule has 1 aromatic carbocycles. The summed E-state index contributed by atoms with van der Waals surface area (Å²) in [6.07, 6.45) is 7.82. The normalized spacial score (nSPS) is 28.4. The van der Waals surface area contributed by atoms with E-state index in [2.05, 4.69) is 38.0 Å². The Morgan fingerprint density at radius 2 is 1.87 bits per heavy atom. The molecule has 2 aromatic heterocycles. The van der Waals surface area contributed by atoms with E-state index in [4.69, 9.17) is 14.7 Å². The SMILES string of the molecule is C[C@@]12CCCN(C1)c1nc(OC[C@@]34CCCN3C[C@H](F)C4)nc3c(F)c(ncc13)-c1cccc3c1N(CCCC(=O)N2)CCC3. The maximum absolute atomic E-state index is 16.9. The smallest absolute Gasteiger partial charge is 0.319 e. The summed E-state index contributed by atoms with van der Waals surface area (Å²) < 4.78 is 37.7. The van der Waals surface area contributed by atoms with Gasteiger partial charge in [-0.25, -0.2) is 8.78 Å². The van der Waals surface area contributed by atoms with E-state index in [-0.39, 0.29) is 35.3 Å². The molecule has 238 valence electrons. The lowest BCUT2D eigenvalue weighted by atomic mass is 9.90. The Kier molecular flexibility index (Phi) is 7.07. The summed E-state index contributed by atoms with van der Waals surface area (Å²) in [5.41, 5.74) is 2.46. The first-order valence-corrected chi connectivity index (χ1v) is 16.6. The Balaban J connectivity index is 1.27. The number of nitrogens with one attached hydrogen (secondary N) is 1. The highest BCUT2D eigenvalue weighted by atomic mass is 19.1. The predicted molar refractivity (Wildman–Crippen MR) is 169 cm³/mol. The molecule has 3 saturated heterocycles. The minimum absolute atomic E-state index is 0.0491. The quantitative estimate of drug-likeness (QED) is 0.449. The van der Waals surface area contributed by atoms with Crippen LogP contribution in [0, 0.1) is 5.82 Å². The Bertz CT molecular complexity index is 1650. The molecule has 8 heterocycles. The minimum Gasteiger partial charge on any atom is -0.461 e. The van der Waals surface area contributed by atoms with E-state index in [9.17, 15) is 9.18 Å². The van der Waals surface area contributed by atoms with E-state index in [1.807, 2.05) is 12.1 Å². The van der Waals surface area contributed by atoms with Crippen molar-refractivity contribution in [1.29, 1.82) is 0 Å². The molecule has 3 atom stereocenters. The number of amides is 1. The molecule has 11 heteroatoms. The molecule has 45 heavy (non-hydrogen) atoms. The second kappa shape index (κ2) is 11.0. The number of rotatable bonds is 3. The number of nitrogens with zero attached hydrogens (tertiary/aromatic N) is 6. The number of alkyl halides is 1. The molecule has 9 nitrogen and oxygen atoms in total. The third-order valence-corrected chi connectivity index (χ3v) is 10.7. The summed E-state index contributed by atoms with van der Waals surface area (Å²) in [5.74, 6) is 0.103. The van der Waals surface area contributed by atoms with E-state index in [1.54, 1.807) is 6.20 Å². The zero-order valence-corrected chi connectivity index (χ0v) is 26.0. The van der Waals surface area contributed by atoms with E-state index < -0.39 is 17.5 Å². The van der Waals surface area contributed by atoms with Gasteiger partial charge in [0.2, 0.25) is 5.91 Å². The van der Waals surface area contributed by atoms with Gasteiger partial charge in [-0.1, -0.05) is 18.2 Å². The van der Waals surface area contributed by atoms with Gasteiger partial charge in [0.15, 0.2) is 5.82 Å². The monoisotopic (exact) mass is 617 g/mol. The second-order valence-corrected chi connectivity index (χ2v) is 14.0. The predicted octanol–water partition coefficient (Wildman–Crippen LogP) is 4.81. The van der Waals surface area contributed by atoms with Crippen molar-refractivity contribution in [3.63, 3.8) is 0 Å². The Labute approximate surface area is 262 Å². The molecular formula is C34H41F2N7O2. The van der Waals surface area contributed by atoms with Crippen LogP contribution in [0.15, 0.2) is 24.4 Å². The maximum atomic E-state index is 16.9. The lowest BCUT2D eigenvalue weighted by Gasteiger charge is -2.42. The van der Waals surface area contributed by atoms with Gasteiger partial charge in [-0.05, 0) is 64.0 Å². The van der Waals surface area contributed by atoms with Crippen LogP contribution in [0.4, 0.5) is 20.3 Å². The fourth-order valence-corrected chi connectivity index (χ4v) is 8.67. The number of fused-ring (bicyclic) bond motifs is 6. The molecule has 0 radical (unpaired) electrons. The molecule has 6 aliphatic heterocycles. The average Bonchev–Trinajstić information content (AvgIpc) is 3.55. The van der Waals surface area contributed by atoms with Crippen LogP contribution in [0.25, 0.3) is 22.2 Å². The summed E-state index contributed by atoms with van der Waals surface area (Å²) >= 11 is 0. The molecule has 3 fully saturated rings. The number of halogens is 2. The van der Waals surface area contributed by atoms with E-state index in [0.717, 1.165) is 68.4 Å². The van der Waals surface area contributed by atoms with Crippen LogP contribution >= 0.6 is 0 Å². The summed E-state index contributed by atoms with van der Waals surface area (Å²) in [6.45, 7) is 6.38. The molecule has 1 amide bonds. The van der Waals surface area contributed by atoms with Gasteiger partial charge in [0, 0.05) is 63.0 Å². The van der Waals surface area contributed by atoms with Crippen molar-refractivity contribution in [2.24, 2.45) is 0 Å². The molecule has 3 aromatic rings. The van der Waals surface area contributed by atoms with Gasteiger partial charge in [0.05, 0.1) is 16.5 Å². The highest BCUT2D eigenvalue weighted by Gasteiger charge is 2.49. The molecular weight excluding hydrogens is 576 g/mol. The molecule has 0 unspecified atom stereocenters. The van der Waals surface area contributed by atoms with Crippen LogP contribution in [0.2, 0.25) is 0 Å². The van der Waals surface area contributed by atoms with Crippen molar-refractivity contribution in [3.05, 3.63) is 35.8 Å². The lowest BCUT2D eigenvalue weighted by molar-refractivity contribution is -0.123. The number of carbonyl (C=O) groups excluding carboxylic acids is 1. The number of aryl methyl sites for hydroxylation is 1. The van der Waals surface area contributed by atoms with Crippen molar-refractivity contribution >= 4 is 28.3 Å². The number of aromatic nitrogens is 3. The van der Waals surface area contributed by atoms with E-state index >= 15 is 4.39 Å². The molecule has 0 spiro atoms. The average molecular weight is 618 g/mol. The Morgan fingerprint density at radius 1 is 1.04 bits per heavy atom. The van der Waals surface area contributed by atoms with Gasteiger partial charge in [0.1, 0.15) is 29.8 Å². The largest absolute Gasteiger partial charge is 0.461 e. The van der Waals surface area contributed by atoms with E-state index in [1.165, 1.54) is 0 Å². The van der Waals surface area contributed by atoms with Crippen LogP contribution < -0.4 is 19.9 Å². The number of pyridine rings is 1. The first kappa shape index (κ1) is 28.8. The van der Waals surface area contributed by atoms with Gasteiger partial charge in [0.25, 0.3) is 0 Å². The molecule has 6 aliphatic rings. The number of benzene rings is 1. The summed E-state index contributed by atoms with van der Waals surface area (Å²) in [7, 11) is 0. The summed E-state index contributed by atoms with van der Waals surface area (Å²) in [5, 5.41) is 3.83. The summed E-state index contributed by atoms with van der Waals surface area (Å²) in [4.78, 5) is 34.1. The number of piperidine rings is 1. The third kappa shape index (κ3) is 5.07. The van der Waals surface area contributed by atoms with Crippen LogP contribution in [0.5, 0.6) is 6.01 Å². The van der Waals surface area contributed by atoms with Crippen LogP contribution in [0.3, 0.4) is 0 Å².